The van der Waals surface area contributed by atoms with Crippen LogP contribution in [-0.4, -0.2) is 0 Å². The SMILES string of the molecule is CC1(C)c2ccccc2-c2ccc(N(c3cccc(-c4ccccc4)c3)c3cc4ccccc4c4c3oc3ccccc34)cc21. The van der Waals surface area contributed by atoms with Gasteiger partial charge < -0.3 is 9.32 Å². The smallest absolute Gasteiger partial charge is 0.160 e. The van der Waals surface area contributed by atoms with Crippen LogP contribution in [0.15, 0.2) is 156 Å². The highest BCUT2D eigenvalue weighted by atomic mass is 16.3. The van der Waals surface area contributed by atoms with Crippen molar-refractivity contribution in [3.63, 3.8) is 0 Å². The molecule has 0 N–H and O–H groups in total. The molecule has 45 heavy (non-hydrogen) atoms. The van der Waals surface area contributed by atoms with Crippen LogP contribution in [0.4, 0.5) is 17.1 Å². The summed E-state index contributed by atoms with van der Waals surface area (Å²) >= 11 is 0. The monoisotopic (exact) mass is 577 g/mol. The number of hydrogen-bond acceptors (Lipinski definition) is 2. The molecule has 0 spiro atoms. The number of hydrogen-bond donors (Lipinski definition) is 0. The van der Waals surface area contributed by atoms with Gasteiger partial charge in [0, 0.05) is 27.6 Å². The molecule has 0 radical (unpaired) electrons. The van der Waals surface area contributed by atoms with Crippen LogP contribution in [0.1, 0.15) is 25.0 Å². The van der Waals surface area contributed by atoms with E-state index in [4.69, 9.17) is 4.42 Å². The van der Waals surface area contributed by atoms with Gasteiger partial charge in [-0.1, -0.05) is 129 Å². The van der Waals surface area contributed by atoms with Crippen LogP contribution in [0, 0.1) is 0 Å². The van der Waals surface area contributed by atoms with Crippen LogP contribution in [-0.2, 0) is 5.41 Å². The summed E-state index contributed by atoms with van der Waals surface area (Å²) in [7, 11) is 0. The Balaban J connectivity index is 1.35. The van der Waals surface area contributed by atoms with Gasteiger partial charge >= 0.3 is 0 Å². The Labute approximate surface area is 262 Å². The molecule has 214 valence electrons. The summed E-state index contributed by atoms with van der Waals surface area (Å²) in [5.41, 5.74) is 12.6. The average Bonchev–Trinajstić information content (AvgIpc) is 3.59. The lowest BCUT2D eigenvalue weighted by Gasteiger charge is -2.29. The van der Waals surface area contributed by atoms with Gasteiger partial charge in [-0.15, -0.1) is 0 Å². The summed E-state index contributed by atoms with van der Waals surface area (Å²) in [6.07, 6.45) is 0. The van der Waals surface area contributed by atoms with Crippen molar-refractivity contribution in [1.82, 2.24) is 0 Å². The number of rotatable bonds is 4. The van der Waals surface area contributed by atoms with Crippen LogP contribution in [0.25, 0.3) is 55.0 Å². The first-order valence-electron chi connectivity index (χ1n) is 15.6. The molecule has 7 aromatic carbocycles. The van der Waals surface area contributed by atoms with E-state index in [1.807, 2.05) is 6.07 Å². The maximum atomic E-state index is 6.77. The molecule has 0 fully saturated rings. The van der Waals surface area contributed by atoms with Crippen LogP contribution in [0.2, 0.25) is 0 Å². The van der Waals surface area contributed by atoms with Gasteiger partial charge in [0.2, 0.25) is 0 Å². The van der Waals surface area contributed by atoms with Gasteiger partial charge in [0.05, 0.1) is 5.69 Å². The van der Waals surface area contributed by atoms with Crippen molar-refractivity contribution in [1.29, 1.82) is 0 Å². The molecule has 1 aliphatic carbocycles. The van der Waals surface area contributed by atoms with Crippen LogP contribution < -0.4 is 4.90 Å². The quantitative estimate of drug-likeness (QED) is 0.207. The molecule has 2 heteroatoms. The van der Waals surface area contributed by atoms with Crippen LogP contribution in [0.3, 0.4) is 0 Å². The fourth-order valence-corrected chi connectivity index (χ4v) is 7.44. The van der Waals surface area contributed by atoms with Gasteiger partial charge in [0.15, 0.2) is 5.58 Å². The molecule has 2 nitrogen and oxygen atoms in total. The van der Waals surface area contributed by atoms with Crippen molar-refractivity contribution in [3.05, 3.63) is 163 Å². The van der Waals surface area contributed by atoms with E-state index < -0.39 is 0 Å². The maximum Gasteiger partial charge on any atom is 0.160 e. The van der Waals surface area contributed by atoms with E-state index in [1.54, 1.807) is 0 Å². The number of nitrogens with zero attached hydrogens (tertiary/aromatic N) is 1. The van der Waals surface area contributed by atoms with E-state index in [0.29, 0.717) is 0 Å². The van der Waals surface area contributed by atoms with E-state index >= 15 is 0 Å². The number of para-hydroxylation sites is 1. The molecule has 0 bridgehead atoms. The summed E-state index contributed by atoms with van der Waals surface area (Å²) in [6.45, 7) is 4.69. The van der Waals surface area contributed by atoms with Crippen LogP contribution >= 0.6 is 0 Å². The minimum absolute atomic E-state index is 0.114. The Hall–Kier alpha value is -5.60. The van der Waals surface area contributed by atoms with Crippen molar-refractivity contribution < 1.29 is 4.42 Å². The van der Waals surface area contributed by atoms with Gasteiger partial charge in [0.25, 0.3) is 0 Å². The fourth-order valence-electron chi connectivity index (χ4n) is 7.44. The number of benzene rings is 7. The first-order valence-corrected chi connectivity index (χ1v) is 15.6. The summed E-state index contributed by atoms with van der Waals surface area (Å²) in [4.78, 5) is 2.39. The molecule has 1 aliphatic rings. The highest BCUT2D eigenvalue weighted by molar-refractivity contribution is 6.23. The lowest BCUT2D eigenvalue weighted by atomic mass is 9.82. The minimum atomic E-state index is -0.114. The van der Waals surface area contributed by atoms with E-state index in [9.17, 15) is 0 Å². The Morgan fingerprint density at radius 1 is 0.511 bits per heavy atom. The fraction of sp³-hybridized carbons (Fsp3) is 0.0698. The van der Waals surface area contributed by atoms with Gasteiger partial charge in [-0.3, -0.25) is 0 Å². The van der Waals surface area contributed by atoms with Crippen molar-refractivity contribution in [2.75, 3.05) is 4.90 Å². The Bertz CT molecular complexity index is 2410. The number of fused-ring (bicyclic) bond motifs is 8. The highest BCUT2D eigenvalue weighted by Crippen LogP contribution is 2.52. The third kappa shape index (κ3) is 3.89. The van der Waals surface area contributed by atoms with E-state index in [2.05, 4.69) is 164 Å². The topological polar surface area (TPSA) is 16.4 Å². The van der Waals surface area contributed by atoms with E-state index in [1.165, 1.54) is 44.2 Å². The molecule has 1 heterocycles. The van der Waals surface area contributed by atoms with Crippen molar-refractivity contribution in [3.8, 4) is 22.3 Å². The molecule has 0 unspecified atom stereocenters. The second kappa shape index (κ2) is 9.70. The standard InChI is InChI=1S/C43H31NO/c1-43(2)37-21-10-8-19-34(37)35-24-23-32(27-38(35)43)44(31-17-12-16-29(25-31)28-13-4-3-5-14-28)39-26-30-15-6-7-18-33(30)41-36-20-9-11-22-40(36)45-42(39)41/h3-27H,1-2H3. The summed E-state index contributed by atoms with van der Waals surface area (Å²) in [5, 5.41) is 4.67. The Morgan fingerprint density at radius 2 is 1.20 bits per heavy atom. The molecule has 0 saturated carbocycles. The van der Waals surface area contributed by atoms with Gasteiger partial charge in [0.1, 0.15) is 5.58 Å². The third-order valence-corrected chi connectivity index (χ3v) is 9.63. The predicted molar refractivity (Wildman–Crippen MR) is 189 cm³/mol. The predicted octanol–water partition coefficient (Wildman–Crippen LogP) is 12.2. The summed E-state index contributed by atoms with van der Waals surface area (Å²) in [6, 6.07) is 54.6. The Morgan fingerprint density at radius 3 is 2.09 bits per heavy atom. The maximum absolute atomic E-state index is 6.77. The molecule has 0 amide bonds. The Kier molecular flexibility index (Phi) is 5.58. The summed E-state index contributed by atoms with van der Waals surface area (Å²) in [5.74, 6) is 0. The molecular weight excluding hydrogens is 546 g/mol. The van der Waals surface area contributed by atoms with Crippen molar-refractivity contribution in [2.45, 2.75) is 19.3 Å². The first-order chi connectivity index (χ1) is 22.1. The van der Waals surface area contributed by atoms with E-state index in [0.717, 1.165) is 39.0 Å². The normalized spacial score (nSPS) is 13.3. The zero-order valence-corrected chi connectivity index (χ0v) is 25.3. The molecule has 8 aromatic rings. The largest absolute Gasteiger partial charge is 0.454 e. The third-order valence-electron chi connectivity index (χ3n) is 9.63. The van der Waals surface area contributed by atoms with Crippen LogP contribution in [0.5, 0.6) is 0 Å². The van der Waals surface area contributed by atoms with Crippen molar-refractivity contribution >= 4 is 49.8 Å². The molecule has 0 saturated heterocycles. The summed E-state index contributed by atoms with van der Waals surface area (Å²) < 4.78 is 6.77. The first kappa shape index (κ1) is 25.9. The second-order valence-corrected chi connectivity index (χ2v) is 12.6. The van der Waals surface area contributed by atoms with Gasteiger partial charge in [-0.05, 0) is 80.6 Å². The highest BCUT2D eigenvalue weighted by Gasteiger charge is 2.36. The molecule has 9 rings (SSSR count). The second-order valence-electron chi connectivity index (χ2n) is 12.6. The molecule has 0 atom stereocenters. The average molecular weight is 578 g/mol. The number of anilines is 3. The van der Waals surface area contributed by atoms with Gasteiger partial charge in [-0.2, -0.15) is 0 Å². The zero-order valence-electron chi connectivity index (χ0n) is 25.3. The molecule has 0 aliphatic heterocycles. The lowest BCUT2D eigenvalue weighted by Crippen LogP contribution is -2.16. The number of furan rings is 1. The molecule has 1 aromatic heterocycles. The van der Waals surface area contributed by atoms with E-state index in [-0.39, 0.29) is 5.41 Å². The molecular formula is C43H31NO. The lowest BCUT2D eigenvalue weighted by molar-refractivity contribution is 0.660. The zero-order chi connectivity index (χ0) is 30.1. The van der Waals surface area contributed by atoms with Crippen molar-refractivity contribution in [2.24, 2.45) is 0 Å². The van der Waals surface area contributed by atoms with Gasteiger partial charge in [-0.25, -0.2) is 0 Å². The minimum Gasteiger partial charge on any atom is -0.454 e.